The molecule has 1 N–H and O–H groups in total. The molecule has 2 aromatic rings. The molecule has 8 nitrogen and oxygen atoms in total. The predicted molar refractivity (Wildman–Crippen MR) is 119 cm³/mol. The highest BCUT2D eigenvalue weighted by molar-refractivity contribution is 5.79. The predicted octanol–water partition coefficient (Wildman–Crippen LogP) is 1.91. The highest BCUT2D eigenvalue weighted by atomic mass is 16.5. The molecule has 1 aromatic carbocycles. The van der Waals surface area contributed by atoms with Crippen LogP contribution in [0.15, 0.2) is 29.1 Å². The Morgan fingerprint density at radius 1 is 1.16 bits per heavy atom. The number of aromatic nitrogens is 2. The quantitative estimate of drug-likeness (QED) is 0.769. The zero-order valence-electron chi connectivity index (χ0n) is 18.7. The maximum absolute atomic E-state index is 13.1. The van der Waals surface area contributed by atoms with Crippen molar-refractivity contribution in [2.24, 2.45) is 0 Å². The van der Waals surface area contributed by atoms with Crippen LogP contribution < -0.4 is 5.56 Å². The average molecular weight is 439 g/mol. The Bertz CT molecular complexity index is 1050. The fourth-order valence-corrected chi connectivity index (χ4v) is 4.53. The third-order valence-corrected chi connectivity index (χ3v) is 6.32. The Labute approximate surface area is 187 Å². The molecule has 3 heterocycles. The molecule has 170 valence electrons. The number of benzene rings is 1. The van der Waals surface area contributed by atoms with E-state index in [0.717, 1.165) is 36.1 Å². The Kier molecular flexibility index (Phi) is 6.69. The van der Waals surface area contributed by atoms with Gasteiger partial charge in [0.15, 0.2) is 0 Å². The minimum atomic E-state index is -0.229. The molecule has 1 fully saturated rings. The zero-order valence-corrected chi connectivity index (χ0v) is 18.7. The standard InChI is InChI=1S/C24H30N4O4/c1-16-6-8-17(9-7-16)13-21(29)28-11-4-3-5-20(28)23-25-19-10-12-27(22(30)15-32-2)14-18(19)24(31)26-23/h6-9,20H,3-5,10-15H2,1-2H3,(H,25,26,31)/t20-/m0/s1. The molecule has 0 bridgehead atoms. The maximum atomic E-state index is 13.1. The molecule has 0 spiro atoms. The SMILES string of the molecule is COCC(=O)N1CCc2nc([C@@H]3CCCCN3C(=O)Cc3ccc(C)cc3)[nH]c(=O)c2C1. The number of amides is 2. The van der Waals surface area contributed by atoms with E-state index in [9.17, 15) is 14.4 Å². The van der Waals surface area contributed by atoms with Crippen LogP contribution in [-0.2, 0) is 33.7 Å². The number of carbonyl (C=O) groups excluding carboxylic acids is 2. The summed E-state index contributed by atoms with van der Waals surface area (Å²) >= 11 is 0. The van der Waals surface area contributed by atoms with Crippen molar-refractivity contribution in [3.8, 4) is 0 Å². The number of hydrogen-bond donors (Lipinski definition) is 1. The summed E-state index contributed by atoms with van der Waals surface area (Å²) in [6.45, 7) is 3.43. The molecule has 1 saturated heterocycles. The van der Waals surface area contributed by atoms with Crippen LogP contribution in [0, 0.1) is 6.92 Å². The topological polar surface area (TPSA) is 95.6 Å². The van der Waals surface area contributed by atoms with Crippen LogP contribution in [0.5, 0.6) is 0 Å². The van der Waals surface area contributed by atoms with Crippen molar-refractivity contribution < 1.29 is 14.3 Å². The van der Waals surface area contributed by atoms with Crippen LogP contribution in [0.4, 0.5) is 0 Å². The summed E-state index contributed by atoms with van der Waals surface area (Å²) in [6, 6.07) is 7.77. The van der Waals surface area contributed by atoms with Gasteiger partial charge < -0.3 is 19.5 Å². The van der Waals surface area contributed by atoms with Gasteiger partial charge in [-0.15, -0.1) is 0 Å². The Morgan fingerprint density at radius 2 is 1.94 bits per heavy atom. The maximum Gasteiger partial charge on any atom is 0.256 e. The first kappa shape index (κ1) is 22.2. The molecule has 1 atom stereocenters. The smallest absolute Gasteiger partial charge is 0.256 e. The van der Waals surface area contributed by atoms with Crippen LogP contribution in [0.2, 0.25) is 0 Å². The molecule has 2 aliphatic heterocycles. The van der Waals surface area contributed by atoms with Crippen molar-refractivity contribution in [3.63, 3.8) is 0 Å². The second kappa shape index (κ2) is 9.65. The van der Waals surface area contributed by atoms with E-state index in [1.807, 2.05) is 36.1 Å². The summed E-state index contributed by atoms with van der Waals surface area (Å²) < 4.78 is 4.93. The monoisotopic (exact) mass is 438 g/mol. The van der Waals surface area contributed by atoms with Crippen molar-refractivity contribution in [2.45, 2.75) is 51.6 Å². The molecule has 0 saturated carbocycles. The highest BCUT2D eigenvalue weighted by Gasteiger charge is 2.32. The lowest BCUT2D eigenvalue weighted by molar-refractivity contribution is -0.136. The first-order valence-corrected chi connectivity index (χ1v) is 11.2. The van der Waals surface area contributed by atoms with E-state index in [1.54, 1.807) is 4.90 Å². The third-order valence-electron chi connectivity index (χ3n) is 6.32. The van der Waals surface area contributed by atoms with Gasteiger partial charge in [-0.05, 0) is 31.7 Å². The van der Waals surface area contributed by atoms with E-state index in [4.69, 9.17) is 9.72 Å². The number of likely N-dealkylation sites (tertiary alicyclic amines) is 1. The number of fused-ring (bicyclic) bond motifs is 1. The van der Waals surface area contributed by atoms with E-state index < -0.39 is 0 Å². The Hall–Kier alpha value is -3.00. The molecule has 8 heteroatoms. The van der Waals surface area contributed by atoms with Crippen LogP contribution in [0.3, 0.4) is 0 Å². The number of aryl methyl sites for hydroxylation is 1. The number of ether oxygens (including phenoxy) is 1. The zero-order chi connectivity index (χ0) is 22.7. The molecule has 2 aliphatic rings. The summed E-state index contributed by atoms with van der Waals surface area (Å²) in [5.74, 6) is 0.472. The second-order valence-corrected chi connectivity index (χ2v) is 8.64. The summed E-state index contributed by atoms with van der Waals surface area (Å²) in [5, 5.41) is 0. The van der Waals surface area contributed by atoms with Gasteiger partial charge in [0, 0.05) is 26.6 Å². The van der Waals surface area contributed by atoms with Gasteiger partial charge in [0.1, 0.15) is 12.4 Å². The molecule has 0 aliphatic carbocycles. The van der Waals surface area contributed by atoms with Crippen molar-refractivity contribution in [3.05, 3.63) is 62.8 Å². The lowest BCUT2D eigenvalue weighted by Crippen LogP contribution is -2.43. The van der Waals surface area contributed by atoms with E-state index in [1.165, 1.54) is 7.11 Å². The van der Waals surface area contributed by atoms with E-state index in [-0.39, 0.29) is 36.6 Å². The van der Waals surface area contributed by atoms with E-state index >= 15 is 0 Å². The number of rotatable bonds is 5. The largest absolute Gasteiger partial charge is 0.375 e. The van der Waals surface area contributed by atoms with Gasteiger partial charge >= 0.3 is 0 Å². The fraction of sp³-hybridized carbons (Fsp3) is 0.500. The Morgan fingerprint density at radius 3 is 2.69 bits per heavy atom. The van der Waals surface area contributed by atoms with Crippen LogP contribution >= 0.6 is 0 Å². The molecule has 4 rings (SSSR count). The molecule has 2 amide bonds. The van der Waals surface area contributed by atoms with Crippen LogP contribution in [0.1, 0.15) is 53.5 Å². The number of piperidine rings is 1. The summed E-state index contributed by atoms with van der Waals surface area (Å²) in [5.41, 5.74) is 3.17. The summed E-state index contributed by atoms with van der Waals surface area (Å²) in [6.07, 6.45) is 3.56. The minimum absolute atomic E-state index is 0.00111. The van der Waals surface area contributed by atoms with Crippen molar-refractivity contribution in [1.82, 2.24) is 19.8 Å². The molecule has 0 radical (unpaired) electrons. The van der Waals surface area contributed by atoms with Gasteiger partial charge in [-0.3, -0.25) is 14.4 Å². The number of nitrogens with one attached hydrogen (secondary N) is 1. The lowest BCUT2D eigenvalue weighted by Gasteiger charge is -2.36. The molecule has 1 aromatic heterocycles. The third kappa shape index (κ3) is 4.75. The first-order valence-electron chi connectivity index (χ1n) is 11.2. The normalized spacial score (nSPS) is 18.4. The number of aromatic amines is 1. The van der Waals surface area contributed by atoms with Crippen molar-refractivity contribution in [2.75, 3.05) is 26.8 Å². The number of methoxy groups -OCH3 is 1. The minimum Gasteiger partial charge on any atom is -0.375 e. The van der Waals surface area contributed by atoms with E-state index in [0.29, 0.717) is 37.3 Å². The van der Waals surface area contributed by atoms with Crippen molar-refractivity contribution in [1.29, 1.82) is 0 Å². The number of H-pyrrole nitrogens is 1. The van der Waals surface area contributed by atoms with Crippen molar-refractivity contribution >= 4 is 11.8 Å². The van der Waals surface area contributed by atoms with Gasteiger partial charge in [0.05, 0.1) is 30.3 Å². The highest BCUT2D eigenvalue weighted by Crippen LogP contribution is 2.30. The summed E-state index contributed by atoms with van der Waals surface area (Å²) in [4.78, 5) is 49.4. The van der Waals surface area contributed by atoms with Crippen LogP contribution in [-0.4, -0.2) is 58.4 Å². The van der Waals surface area contributed by atoms with Gasteiger partial charge in [-0.2, -0.15) is 0 Å². The summed E-state index contributed by atoms with van der Waals surface area (Å²) in [7, 11) is 1.48. The molecule has 32 heavy (non-hydrogen) atoms. The molecular formula is C24H30N4O4. The second-order valence-electron chi connectivity index (χ2n) is 8.64. The van der Waals surface area contributed by atoms with Gasteiger partial charge in [-0.1, -0.05) is 29.8 Å². The first-order chi connectivity index (χ1) is 15.5. The number of carbonyl (C=O) groups is 2. The van der Waals surface area contributed by atoms with Gasteiger partial charge in [0.25, 0.3) is 5.56 Å². The lowest BCUT2D eigenvalue weighted by atomic mass is 9.99. The average Bonchev–Trinajstić information content (AvgIpc) is 2.80. The van der Waals surface area contributed by atoms with Gasteiger partial charge in [0.2, 0.25) is 11.8 Å². The number of nitrogens with zero attached hydrogens (tertiary/aromatic N) is 3. The van der Waals surface area contributed by atoms with Gasteiger partial charge in [-0.25, -0.2) is 4.98 Å². The molecule has 0 unspecified atom stereocenters. The Balaban J connectivity index is 1.54. The fourth-order valence-electron chi connectivity index (χ4n) is 4.53. The van der Waals surface area contributed by atoms with E-state index in [2.05, 4.69) is 4.98 Å². The number of hydrogen-bond acceptors (Lipinski definition) is 5. The van der Waals surface area contributed by atoms with Crippen LogP contribution in [0.25, 0.3) is 0 Å². The molecular weight excluding hydrogens is 408 g/mol.